The molecule has 1 rings (SSSR count). The Bertz CT molecular complexity index is 110. The van der Waals surface area contributed by atoms with Gasteiger partial charge in [0, 0.05) is 0 Å². The number of rotatable bonds is 0. The SMILES string of the molecule is O=C1B=CC=C1. The molecule has 1 nitrogen and oxygen atoms in total. The molecule has 0 aromatic carbocycles. The van der Waals surface area contributed by atoms with Crippen molar-refractivity contribution >= 4 is 18.6 Å². The second-order valence-electron chi connectivity index (χ2n) is 1.12. The summed E-state index contributed by atoms with van der Waals surface area (Å²) in [6, 6.07) is 0. The van der Waals surface area contributed by atoms with E-state index >= 15 is 0 Å². The van der Waals surface area contributed by atoms with Gasteiger partial charge in [0.05, 0.1) is 0 Å². The van der Waals surface area contributed by atoms with Gasteiger partial charge in [0.25, 0.3) is 0 Å². The maximum absolute atomic E-state index is 10.1. The van der Waals surface area contributed by atoms with Crippen molar-refractivity contribution in [1.29, 1.82) is 0 Å². The van der Waals surface area contributed by atoms with Crippen LogP contribution in [0.2, 0.25) is 0 Å². The van der Waals surface area contributed by atoms with Crippen LogP contribution >= 0.6 is 0 Å². The van der Waals surface area contributed by atoms with Crippen LogP contribution in [0.25, 0.3) is 0 Å². The summed E-state index contributed by atoms with van der Waals surface area (Å²) in [6.45, 7) is 1.53. The predicted octanol–water partition coefficient (Wildman–Crippen LogP) is -0.411. The van der Waals surface area contributed by atoms with E-state index in [9.17, 15) is 4.79 Å². The zero-order chi connectivity index (χ0) is 4.41. The summed E-state index contributed by atoms with van der Waals surface area (Å²) in [5.74, 6) is 1.72. The van der Waals surface area contributed by atoms with Crippen molar-refractivity contribution in [1.82, 2.24) is 0 Å². The molecule has 28 valence electrons. The van der Waals surface area contributed by atoms with Gasteiger partial charge in [-0.2, -0.15) is 0 Å². The molecule has 0 atom stereocenters. The van der Waals surface area contributed by atoms with Crippen LogP contribution in [0.5, 0.6) is 0 Å². The number of allylic oxidation sites excluding steroid dienone is 2. The first-order chi connectivity index (χ1) is 2.89. The first-order valence-electron chi connectivity index (χ1n) is 1.78. The van der Waals surface area contributed by atoms with Gasteiger partial charge in [-0.3, -0.25) is 0 Å². The van der Waals surface area contributed by atoms with Gasteiger partial charge in [0.1, 0.15) is 0 Å². The average Bonchev–Trinajstić information content (AvgIpc) is 1.86. The van der Waals surface area contributed by atoms with Gasteiger partial charge in [-0.15, -0.1) is 0 Å². The summed E-state index contributed by atoms with van der Waals surface area (Å²) in [6.07, 6.45) is 3.25. The third-order valence-electron chi connectivity index (χ3n) is 0.632. The zero-order valence-electron chi connectivity index (χ0n) is 3.22. The fraction of sp³-hybridized carbons (Fsp3) is 0. The Morgan fingerprint density at radius 2 is 2.50 bits per heavy atom. The molecule has 0 saturated carbocycles. The predicted molar refractivity (Wildman–Crippen MR) is 26.0 cm³/mol. The van der Waals surface area contributed by atoms with E-state index in [1.807, 2.05) is 0 Å². The van der Waals surface area contributed by atoms with Crippen LogP contribution < -0.4 is 0 Å². The zero-order valence-corrected chi connectivity index (χ0v) is 3.22. The first kappa shape index (κ1) is 3.53. The number of hydrogen-bond donors (Lipinski definition) is 0. The molecule has 0 amide bonds. The Balaban J connectivity index is 2.86. The Hall–Kier alpha value is -0.655. The molecule has 0 radical (unpaired) electrons. The Kier molecular flexibility index (Phi) is 0.711. The summed E-state index contributed by atoms with van der Waals surface area (Å²) in [5.41, 5.74) is 0.0926. The van der Waals surface area contributed by atoms with E-state index in [1.165, 1.54) is 13.0 Å². The van der Waals surface area contributed by atoms with Crippen LogP contribution in [-0.2, 0) is 4.79 Å². The normalized spacial score (nSPS) is 15.7. The quantitative estimate of drug-likeness (QED) is 0.360. The molecule has 0 unspecified atom stereocenters. The summed E-state index contributed by atoms with van der Waals surface area (Å²) < 4.78 is 0. The van der Waals surface area contributed by atoms with Crippen molar-refractivity contribution in [3.05, 3.63) is 12.2 Å². The molecule has 1 aliphatic heterocycles. The second-order valence-corrected chi connectivity index (χ2v) is 1.12. The Morgan fingerprint density at radius 1 is 1.67 bits per heavy atom. The van der Waals surface area contributed by atoms with Gasteiger partial charge in [-0.25, -0.2) is 0 Å². The molecule has 0 bridgehead atoms. The van der Waals surface area contributed by atoms with Crippen molar-refractivity contribution in [3.63, 3.8) is 0 Å². The molecular weight excluding hydrogens is 74.9 g/mol. The molecule has 2 heteroatoms. The molecule has 1 aliphatic rings. The second kappa shape index (κ2) is 1.21. The summed E-state index contributed by atoms with van der Waals surface area (Å²) in [4.78, 5) is 10.1. The average molecular weight is 77.9 g/mol. The van der Waals surface area contributed by atoms with Crippen LogP contribution in [0.15, 0.2) is 12.2 Å². The monoisotopic (exact) mass is 78.0 g/mol. The number of carbonyl (C=O) groups is 1. The molecule has 0 N–H and O–H groups in total. The van der Waals surface area contributed by atoms with E-state index < -0.39 is 0 Å². The van der Waals surface area contributed by atoms with Crippen molar-refractivity contribution in [2.75, 3.05) is 0 Å². The molecule has 0 aromatic heterocycles. The molecule has 0 aliphatic carbocycles. The number of hydrogen-bond acceptors (Lipinski definition) is 1. The summed E-state index contributed by atoms with van der Waals surface area (Å²) >= 11 is 0. The van der Waals surface area contributed by atoms with Crippen molar-refractivity contribution in [2.24, 2.45) is 0 Å². The van der Waals surface area contributed by atoms with Gasteiger partial charge in [-0.1, -0.05) is 0 Å². The minimum absolute atomic E-state index is 0.0926. The van der Waals surface area contributed by atoms with Crippen LogP contribution in [0.3, 0.4) is 0 Å². The molecule has 0 aromatic rings. The van der Waals surface area contributed by atoms with E-state index in [0.717, 1.165) is 0 Å². The summed E-state index contributed by atoms with van der Waals surface area (Å²) in [7, 11) is 0. The molecule has 1 heterocycles. The van der Waals surface area contributed by atoms with Gasteiger partial charge in [0.2, 0.25) is 0 Å². The fourth-order valence-electron chi connectivity index (χ4n) is 0.356. The molecule has 6 heavy (non-hydrogen) atoms. The van der Waals surface area contributed by atoms with Gasteiger partial charge in [0.15, 0.2) is 0 Å². The van der Waals surface area contributed by atoms with Crippen molar-refractivity contribution < 1.29 is 4.79 Å². The Labute approximate surface area is 36.6 Å². The van der Waals surface area contributed by atoms with E-state index in [-0.39, 0.29) is 5.68 Å². The minimum atomic E-state index is 0.0926. The number of carbonyl (C=O) groups excluding carboxylic acids is 1. The van der Waals surface area contributed by atoms with Gasteiger partial charge >= 0.3 is 35.5 Å². The molecule has 0 spiro atoms. The van der Waals surface area contributed by atoms with E-state index in [4.69, 9.17) is 0 Å². The molecule has 0 saturated heterocycles. The van der Waals surface area contributed by atoms with Crippen molar-refractivity contribution in [2.45, 2.75) is 0 Å². The van der Waals surface area contributed by atoms with Crippen LogP contribution in [0.1, 0.15) is 0 Å². The Morgan fingerprint density at radius 3 is 2.67 bits per heavy atom. The fourth-order valence-corrected chi connectivity index (χ4v) is 0.356. The summed E-state index contributed by atoms with van der Waals surface area (Å²) in [5, 5.41) is 0. The third-order valence-corrected chi connectivity index (χ3v) is 0.632. The van der Waals surface area contributed by atoms with Crippen molar-refractivity contribution in [3.8, 4) is 0 Å². The maximum atomic E-state index is 10.1. The first-order valence-corrected chi connectivity index (χ1v) is 1.78. The van der Waals surface area contributed by atoms with E-state index in [0.29, 0.717) is 0 Å². The van der Waals surface area contributed by atoms with Crippen LogP contribution in [0.4, 0.5) is 0 Å². The third kappa shape index (κ3) is 0.457. The van der Waals surface area contributed by atoms with E-state index in [1.54, 1.807) is 12.0 Å². The molecular formula is C4H3BO. The van der Waals surface area contributed by atoms with E-state index in [2.05, 4.69) is 0 Å². The molecule has 0 fully saturated rings. The van der Waals surface area contributed by atoms with Gasteiger partial charge in [-0.05, 0) is 0 Å². The van der Waals surface area contributed by atoms with Crippen LogP contribution in [0, 0.1) is 0 Å². The van der Waals surface area contributed by atoms with Crippen LogP contribution in [-0.4, -0.2) is 18.6 Å². The van der Waals surface area contributed by atoms with Gasteiger partial charge < -0.3 is 0 Å². The topological polar surface area (TPSA) is 17.1 Å². The standard InChI is InChI=1S/C4H3BO/c6-4-2-1-3-5-4/h1-3H.